The van der Waals surface area contributed by atoms with Gasteiger partial charge in [0.15, 0.2) is 0 Å². The van der Waals surface area contributed by atoms with Crippen molar-refractivity contribution >= 4 is 5.69 Å². The fourth-order valence-electron chi connectivity index (χ4n) is 3.10. The van der Waals surface area contributed by atoms with Crippen LogP contribution < -0.4 is 10.2 Å². The van der Waals surface area contributed by atoms with Gasteiger partial charge in [-0.15, -0.1) is 0 Å². The maximum absolute atomic E-state index is 5.63. The van der Waals surface area contributed by atoms with Crippen molar-refractivity contribution in [2.24, 2.45) is 0 Å². The molecule has 1 aromatic carbocycles. The fourth-order valence-corrected chi connectivity index (χ4v) is 3.10. The predicted octanol–water partition coefficient (Wildman–Crippen LogP) is 2.18. The second kappa shape index (κ2) is 6.77. The third-order valence-electron chi connectivity index (χ3n) is 4.79. The first kappa shape index (κ1) is 14.8. The molecule has 1 aliphatic carbocycles. The molecule has 1 N–H and O–H groups in total. The number of anilines is 1. The maximum Gasteiger partial charge on any atom is 0.0802 e. The Morgan fingerprint density at radius 2 is 1.90 bits per heavy atom. The summed E-state index contributed by atoms with van der Waals surface area (Å²) in [7, 11) is 1.83. The van der Waals surface area contributed by atoms with Gasteiger partial charge in [0, 0.05) is 39.0 Å². The molecule has 0 aromatic heterocycles. The lowest BCUT2D eigenvalue weighted by molar-refractivity contribution is -0.0695. The van der Waals surface area contributed by atoms with Gasteiger partial charge in [-0.1, -0.05) is 12.1 Å². The van der Waals surface area contributed by atoms with Crippen LogP contribution in [0, 0.1) is 0 Å². The molecule has 0 unspecified atom stereocenters. The minimum absolute atomic E-state index is 0.105. The smallest absolute Gasteiger partial charge is 0.0802 e. The summed E-state index contributed by atoms with van der Waals surface area (Å²) in [5.74, 6) is 0. The van der Waals surface area contributed by atoms with Gasteiger partial charge in [0.2, 0.25) is 0 Å². The Balaban J connectivity index is 1.48. The molecule has 0 bridgehead atoms. The van der Waals surface area contributed by atoms with E-state index in [9.17, 15) is 0 Å². The van der Waals surface area contributed by atoms with Gasteiger partial charge in [0.1, 0.15) is 0 Å². The zero-order valence-electron chi connectivity index (χ0n) is 12.9. The van der Waals surface area contributed by atoms with Crippen molar-refractivity contribution in [2.45, 2.75) is 31.4 Å². The Hall–Kier alpha value is -1.10. The maximum atomic E-state index is 5.63. The molecule has 0 radical (unpaired) electrons. The number of benzene rings is 1. The highest BCUT2D eigenvalue weighted by Crippen LogP contribution is 2.34. The van der Waals surface area contributed by atoms with Crippen LogP contribution in [0.3, 0.4) is 0 Å². The molecule has 0 amide bonds. The minimum Gasteiger partial charge on any atom is -0.378 e. The third kappa shape index (κ3) is 3.57. The highest BCUT2D eigenvalue weighted by molar-refractivity contribution is 5.47. The summed E-state index contributed by atoms with van der Waals surface area (Å²) in [5.41, 5.74) is 2.74. The zero-order valence-corrected chi connectivity index (χ0v) is 12.9. The van der Waals surface area contributed by atoms with E-state index in [0.717, 1.165) is 39.4 Å². The lowest BCUT2D eigenvalue weighted by atomic mass is 9.80. The Kier molecular flexibility index (Phi) is 4.78. The molecular formula is C17H26N2O2. The first-order valence-corrected chi connectivity index (χ1v) is 7.99. The fraction of sp³-hybridized carbons (Fsp3) is 0.647. The summed E-state index contributed by atoms with van der Waals surface area (Å²) in [4.78, 5) is 2.38. The molecule has 1 saturated carbocycles. The first-order valence-electron chi connectivity index (χ1n) is 7.99. The van der Waals surface area contributed by atoms with E-state index in [2.05, 4.69) is 34.5 Å². The van der Waals surface area contributed by atoms with Gasteiger partial charge in [0.25, 0.3) is 0 Å². The van der Waals surface area contributed by atoms with Crippen molar-refractivity contribution in [2.75, 3.05) is 44.9 Å². The van der Waals surface area contributed by atoms with Crippen molar-refractivity contribution in [3.05, 3.63) is 29.8 Å². The Labute approximate surface area is 127 Å². The normalized spacial score (nSPS) is 21.1. The van der Waals surface area contributed by atoms with E-state index in [1.807, 2.05) is 7.11 Å². The molecule has 1 heterocycles. The number of morpholine rings is 1. The van der Waals surface area contributed by atoms with E-state index >= 15 is 0 Å². The van der Waals surface area contributed by atoms with Crippen LogP contribution in [-0.4, -0.2) is 45.6 Å². The number of nitrogens with one attached hydrogen (secondary N) is 1. The lowest BCUT2D eigenvalue weighted by Crippen LogP contribution is -2.47. The van der Waals surface area contributed by atoms with Gasteiger partial charge in [-0.05, 0) is 37.0 Å². The van der Waals surface area contributed by atoms with Crippen LogP contribution in [0.4, 0.5) is 5.69 Å². The topological polar surface area (TPSA) is 33.7 Å². The molecule has 4 heteroatoms. The van der Waals surface area contributed by atoms with E-state index in [1.54, 1.807) is 0 Å². The number of methoxy groups -OCH3 is 1. The van der Waals surface area contributed by atoms with Crippen molar-refractivity contribution in [3.8, 4) is 0 Å². The molecule has 3 rings (SSSR count). The molecule has 21 heavy (non-hydrogen) atoms. The highest BCUT2D eigenvalue weighted by Gasteiger charge is 2.36. The summed E-state index contributed by atoms with van der Waals surface area (Å²) in [6, 6.07) is 8.88. The molecule has 2 fully saturated rings. The summed E-state index contributed by atoms with van der Waals surface area (Å²) in [6.45, 7) is 5.52. The van der Waals surface area contributed by atoms with Crippen LogP contribution in [-0.2, 0) is 16.0 Å². The van der Waals surface area contributed by atoms with E-state index in [4.69, 9.17) is 9.47 Å². The van der Waals surface area contributed by atoms with E-state index in [1.165, 1.54) is 30.5 Å². The number of rotatable bonds is 6. The Bertz CT molecular complexity index is 431. The van der Waals surface area contributed by atoms with Crippen molar-refractivity contribution in [3.63, 3.8) is 0 Å². The van der Waals surface area contributed by atoms with Crippen LogP contribution in [0.25, 0.3) is 0 Å². The third-order valence-corrected chi connectivity index (χ3v) is 4.79. The number of hydrogen-bond acceptors (Lipinski definition) is 4. The summed E-state index contributed by atoms with van der Waals surface area (Å²) >= 11 is 0. The van der Waals surface area contributed by atoms with E-state index in [0.29, 0.717) is 0 Å². The van der Waals surface area contributed by atoms with Gasteiger partial charge >= 0.3 is 0 Å². The summed E-state index contributed by atoms with van der Waals surface area (Å²) in [5, 5.41) is 3.54. The minimum atomic E-state index is 0.105. The standard InChI is InChI=1S/C17H26N2O2/c1-20-17(7-2-8-17)14-18-13-15-3-5-16(6-4-15)19-9-11-21-12-10-19/h3-6,18H,2,7-14H2,1H3. The van der Waals surface area contributed by atoms with Crippen LogP contribution in [0.15, 0.2) is 24.3 Å². The lowest BCUT2D eigenvalue weighted by Gasteiger charge is -2.40. The van der Waals surface area contributed by atoms with Crippen LogP contribution in [0.1, 0.15) is 24.8 Å². The summed E-state index contributed by atoms with van der Waals surface area (Å²) in [6.07, 6.45) is 3.67. The number of nitrogens with zero attached hydrogens (tertiary/aromatic N) is 1. The Morgan fingerprint density at radius 1 is 1.19 bits per heavy atom. The molecule has 1 aromatic rings. The molecule has 116 valence electrons. The molecule has 4 nitrogen and oxygen atoms in total. The quantitative estimate of drug-likeness (QED) is 0.871. The average molecular weight is 290 g/mol. The van der Waals surface area contributed by atoms with Gasteiger partial charge in [-0.25, -0.2) is 0 Å². The average Bonchev–Trinajstić information content (AvgIpc) is 2.51. The van der Waals surface area contributed by atoms with Gasteiger partial charge in [-0.3, -0.25) is 0 Å². The van der Waals surface area contributed by atoms with Crippen molar-refractivity contribution in [1.82, 2.24) is 5.32 Å². The number of ether oxygens (including phenoxy) is 2. The van der Waals surface area contributed by atoms with Gasteiger partial charge in [-0.2, -0.15) is 0 Å². The molecule has 1 aliphatic heterocycles. The predicted molar refractivity (Wildman–Crippen MR) is 84.8 cm³/mol. The monoisotopic (exact) mass is 290 g/mol. The molecular weight excluding hydrogens is 264 g/mol. The van der Waals surface area contributed by atoms with Crippen LogP contribution in [0.2, 0.25) is 0 Å². The second-order valence-electron chi connectivity index (χ2n) is 6.11. The van der Waals surface area contributed by atoms with Crippen molar-refractivity contribution < 1.29 is 9.47 Å². The van der Waals surface area contributed by atoms with Crippen molar-refractivity contribution in [1.29, 1.82) is 0 Å². The molecule has 0 atom stereocenters. The second-order valence-corrected chi connectivity index (χ2v) is 6.11. The first-order chi connectivity index (χ1) is 10.3. The molecule has 0 spiro atoms. The van der Waals surface area contributed by atoms with Crippen LogP contribution >= 0.6 is 0 Å². The molecule has 1 saturated heterocycles. The van der Waals surface area contributed by atoms with E-state index < -0.39 is 0 Å². The SMILES string of the molecule is COC1(CNCc2ccc(N3CCOCC3)cc2)CCC1. The summed E-state index contributed by atoms with van der Waals surface area (Å²) < 4.78 is 11.0. The Morgan fingerprint density at radius 3 is 2.48 bits per heavy atom. The highest BCUT2D eigenvalue weighted by atomic mass is 16.5. The zero-order chi connectivity index (χ0) is 14.5. The van der Waals surface area contributed by atoms with E-state index in [-0.39, 0.29) is 5.60 Å². The van der Waals surface area contributed by atoms with Gasteiger partial charge < -0.3 is 19.7 Å². The van der Waals surface area contributed by atoms with Crippen LogP contribution in [0.5, 0.6) is 0 Å². The number of hydrogen-bond donors (Lipinski definition) is 1. The van der Waals surface area contributed by atoms with Gasteiger partial charge in [0.05, 0.1) is 18.8 Å². The molecule has 2 aliphatic rings. The largest absolute Gasteiger partial charge is 0.378 e.